The molecule has 10 heteroatoms. The summed E-state index contributed by atoms with van der Waals surface area (Å²) in [6.07, 6.45) is -4.80. The number of sulfonamides is 1. The van der Waals surface area contributed by atoms with E-state index in [2.05, 4.69) is 14.6 Å². The quantitative estimate of drug-likeness (QED) is 0.921. The van der Waals surface area contributed by atoms with Crippen molar-refractivity contribution in [3.05, 3.63) is 35.7 Å². The van der Waals surface area contributed by atoms with Gasteiger partial charge in [-0.2, -0.15) is 5.10 Å². The zero-order chi connectivity index (χ0) is 17.4. The highest BCUT2D eigenvalue weighted by Gasteiger charge is 2.31. The summed E-state index contributed by atoms with van der Waals surface area (Å²) in [5.74, 6) is -0.436. The van der Waals surface area contributed by atoms with Gasteiger partial charge < -0.3 is 4.74 Å². The van der Waals surface area contributed by atoms with Crippen LogP contribution in [0.15, 0.2) is 29.2 Å². The van der Waals surface area contributed by atoms with Gasteiger partial charge in [0.15, 0.2) is 0 Å². The Kier molecular flexibility index (Phi) is 4.29. The first kappa shape index (κ1) is 17.1. The lowest BCUT2D eigenvalue weighted by atomic mass is 10.3. The zero-order valence-electron chi connectivity index (χ0n) is 12.5. The van der Waals surface area contributed by atoms with E-state index in [4.69, 9.17) is 0 Å². The molecule has 1 N–H and O–H groups in total. The van der Waals surface area contributed by atoms with Crippen LogP contribution in [-0.4, -0.2) is 24.6 Å². The zero-order valence-corrected chi connectivity index (χ0v) is 13.3. The fraction of sp³-hybridized carbons (Fsp3) is 0.308. The number of hydrogen-bond donors (Lipinski definition) is 1. The molecule has 0 atom stereocenters. The summed E-state index contributed by atoms with van der Waals surface area (Å²) in [5, 5.41) is 4.03. The van der Waals surface area contributed by atoms with E-state index < -0.39 is 22.1 Å². The van der Waals surface area contributed by atoms with Crippen LogP contribution in [0, 0.1) is 13.8 Å². The Bertz CT molecular complexity index is 811. The van der Waals surface area contributed by atoms with Crippen LogP contribution < -0.4 is 9.46 Å². The van der Waals surface area contributed by atoms with Crippen LogP contribution in [0.2, 0.25) is 0 Å². The molecule has 1 aromatic heterocycles. The molecule has 2 aromatic rings. The summed E-state index contributed by atoms with van der Waals surface area (Å²) in [7, 11) is -2.28. The SMILES string of the molecule is Cc1nn(C)c(C)c1S(=O)(=O)Nc1ccc(OC(F)(F)F)cc1. The Balaban J connectivity index is 2.24. The van der Waals surface area contributed by atoms with E-state index in [1.807, 2.05) is 0 Å². The van der Waals surface area contributed by atoms with Gasteiger partial charge in [-0.15, -0.1) is 13.2 Å². The summed E-state index contributed by atoms with van der Waals surface area (Å²) in [5.41, 5.74) is 0.892. The molecule has 0 spiro atoms. The molecular formula is C13H14F3N3O3S. The molecule has 0 aliphatic rings. The molecule has 6 nitrogen and oxygen atoms in total. The smallest absolute Gasteiger partial charge is 0.406 e. The highest BCUT2D eigenvalue weighted by atomic mass is 32.2. The van der Waals surface area contributed by atoms with E-state index in [9.17, 15) is 21.6 Å². The van der Waals surface area contributed by atoms with E-state index in [0.29, 0.717) is 11.4 Å². The van der Waals surface area contributed by atoms with Gasteiger partial charge in [-0.05, 0) is 38.1 Å². The maximum atomic E-state index is 12.4. The predicted molar refractivity (Wildman–Crippen MR) is 76.6 cm³/mol. The largest absolute Gasteiger partial charge is 0.573 e. The first-order valence-corrected chi connectivity index (χ1v) is 7.87. The third-order valence-electron chi connectivity index (χ3n) is 3.05. The minimum atomic E-state index is -4.80. The number of nitrogens with one attached hydrogen (secondary N) is 1. The van der Waals surface area contributed by atoms with Crippen LogP contribution in [0.4, 0.5) is 18.9 Å². The fourth-order valence-electron chi connectivity index (χ4n) is 2.07. The predicted octanol–water partition coefficient (Wildman–Crippen LogP) is 2.74. The van der Waals surface area contributed by atoms with E-state index in [1.165, 1.54) is 16.8 Å². The molecule has 1 aromatic carbocycles. The topological polar surface area (TPSA) is 73.2 Å². The molecule has 0 aliphatic heterocycles. The van der Waals surface area contributed by atoms with E-state index >= 15 is 0 Å². The fourth-order valence-corrected chi connectivity index (χ4v) is 3.57. The molecule has 0 fully saturated rings. The molecule has 0 amide bonds. The number of alkyl halides is 3. The Hall–Kier alpha value is -2.23. The summed E-state index contributed by atoms with van der Waals surface area (Å²) in [6.45, 7) is 3.16. The lowest BCUT2D eigenvalue weighted by molar-refractivity contribution is -0.274. The summed E-state index contributed by atoms with van der Waals surface area (Å²) in [6, 6.07) is 4.40. The number of nitrogens with zero attached hydrogens (tertiary/aromatic N) is 2. The highest BCUT2D eigenvalue weighted by Crippen LogP contribution is 2.26. The normalized spacial score (nSPS) is 12.3. The molecule has 0 unspecified atom stereocenters. The Morgan fingerprint density at radius 1 is 1.17 bits per heavy atom. The lowest BCUT2D eigenvalue weighted by Crippen LogP contribution is -2.17. The van der Waals surface area contributed by atoms with Crippen molar-refractivity contribution < 1.29 is 26.3 Å². The van der Waals surface area contributed by atoms with Crippen LogP contribution in [0.5, 0.6) is 5.75 Å². The molecule has 0 saturated heterocycles. The number of aryl methyl sites for hydroxylation is 2. The third kappa shape index (κ3) is 3.95. The number of halogens is 3. The van der Waals surface area contributed by atoms with Gasteiger partial charge in [-0.25, -0.2) is 8.42 Å². The van der Waals surface area contributed by atoms with Crippen molar-refractivity contribution in [3.63, 3.8) is 0 Å². The van der Waals surface area contributed by atoms with Crippen molar-refractivity contribution in [2.24, 2.45) is 7.05 Å². The molecule has 23 heavy (non-hydrogen) atoms. The maximum Gasteiger partial charge on any atom is 0.573 e. The monoisotopic (exact) mass is 349 g/mol. The lowest BCUT2D eigenvalue weighted by Gasteiger charge is -2.11. The van der Waals surface area contributed by atoms with Crippen LogP contribution in [0.25, 0.3) is 0 Å². The molecule has 0 radical (unpaired) electrons. The molecule has 0 bridgehead atoms. The van der Waals surface area contributed by atoms with Crippen LogP contribution in [0.1, 0.15) is 11.4 Å². The van der Waals surface area contributed by atoms with Crippen LogP contribution in [0.3, 0.4) is 0 Å². The van der Waals surface area contributed by atoms with Gasteiger partial charge in [-0.3, -0.25) is 9.40 Å². The number of hydrogen-bond acceptors (Lipinski definition) is 4. The number of aromatic nitrogens is 2. The average Bonchev–Trinajstić information content (AvgIpc) is 2.64. The summed E-state index contributed by atoms with van der Waals surface area (Å²) >= 11 is 0. The summed E-state index contributed by atoms with van der Waals surface area (Å²) < 4.78 is 68.5. The summed E-state index contributed by atoms with van der Waals surface area (Å²) in [4.78, 5) is 0.0376. The Labute approximate surface area is 130 Å². The van der Waals surface area contributed by atoms with Gasteiger partial charge in [-0.1, -0.05) is 0 Å². The first-order chi connectivity index (χ1) is 10.5. The third-order valence-corrected chi connectivity index (χ3v) is 4.68. The van der Waals surface area contributed by atoms with Gasteiger partial charge in [0.05, 0.1) is 11.4 Å². The maximum absolute atomic E-state index is 12.4. The molecule has 1 heterocycles. The minimum Gasteiger partial charge on any atom is -0.406 e. The van der Waals surface area contributed by atoms with Crippen molar-refractivity contribution in [2.45, 2.75) is 25.1 Å². The van der Waals surface area contributed by atoms with Gasteiger partial charge in [0.1, 0.15) is 10.6 Å². The number of rotatable bonds is 4. The van der Waals surface area contributed by atoms with Crippen LogP contribution in [-0.2, 0) is 17.1 Å². The van der Waals surface area contributed by atoms with Crippen molar-refractivity contribution in [1.29, 1.82) is 0 Å². The second-order valence-electron chi connectivity index (χ2n) is 4.80. The average molecular weight is 349 g/mol. The number of benzene rings is 1. The number of anilines is 1. The first-order valence-electron chi connectivity index (χ1n) is 6.38. The molecular weight excluding hydrogens is 335 g/mol. The second kappa shape index (κ2) is 5.76. The van der Waals surface area contributed by atoms with Crippen molar-refractivity contribution in [2.75, 3.05) is 4.72 Å². The van der Waals surface area contributed by atoms with Crippen molar-refractivity contribution >= 4 is 15.7 Å². The molecule has 0 saturated carbocycles. The Morgan fingerprint density at radius 3 is 2.17 bits per heavy atom. The van der Waals surface area contributed by atoms with E-state index in [0.717, 1.165) is 12.1 Å². The highest BCUT2D eigenvalue weighted by molar-refractivity contribution is 7.92. The van der Waals surface area contributed by atoms with Crippen molar-refractivity contribution in [1.82, 2.24) is 9.78 Å². The van der Waals surface area contributed by atoms with E-state index in [1.54, 1.807) is 20.9 Å². The molecule has 2 rings (SSSR count). The van der Waals surface area contributed by atoms with Crippen LogP contribution >= 0.6 is 0 Å². The molecule has 126 valence electrons. The van der Waals surface area contributed by atoms with Gasteiger partial charge >= 0.3 is 6.36 Å². The molecule has 0 aliphatic carbocycles. The Morgan fingerprint density at radius 2 is 1.74 bits per heavy atom. The van der Waals surface area contributed by atoms with E-state index in [-0.39, 0.29) is 10.6 Å². The number of ether oxygens (including phenoxy) is 1. The van der Waals surface area contributed by atoms with Gasteiger partial charge in [0, 0.05) is 12.7 Å². The van der Waals surface area contributed by atoms with Gasteiger partial charge in [0.2, 0.25) is 0 Å². The van der Waals surface area contributed by atoms with Crippen molar-refractivity contribution in [3.8, 4) is 5.75 Å². The second-order valence-corrected chi connectivity index (χ2v) is 6.42. The standard InChI is InChI=1S/C13H14F3N3O3S/c1-8-12(9(2)19(3)17-8)23(20,21)18-10-4-6-11(7-5-10)22-13(14,15)16/h4-7,18H,1-3H3. The minimum absolute atomic E-state index is 0.0376. The van der Waals surface area contributed by atoms with Gasteiger partial charge in [0.25, 0.3) is 10.0 Å².